The molecule has 0 radical (unpaired) electrons. The first-order valence-electron chi connectivity index (χ1n) is 8.01. The van der Waals surface area contributed by atoms with Gasteiger partial charge >= 0.3 is 0 Å². The molecule has 0 spiro atoms. The molecule has 0 amide bonds. The number of rotatable bonds is 8. The van der Waals surface area contributed by atoms with E-state index in [1.54, 1.807) is 6.07 Å². The molecule has 0 bridgehead atoms. The van der Waals surface area contributed by atoms with Crippen LogP contribution < -0.4 is 15.6 Å². The van der Waals surface area contributed by atoms with Crippen molar-refractivity contribution in [3.63, 3.8) is 0 Å². The Morgan fingerprint density at radius 3 is 2.27 bits per heavy atom. The van der Waals surface area contributed by atoms with E-state index in [0.717, 1.165) is 18.4 Å². The molecule has 0 aliphatic heterocycles. The second-order valence-corrected chi connectivity index (χ2v) is 7.21. The average Bonchev–Trinajstić information content (AvgIpc) is 2.56. The van der Waals surface area contributed by atoms with Crippen LogP contribution in [0.4, 0.5) is 0 Å². The van der Waals surface area contributed by atoms with Crippen molar-refractivity contribution >= 4 is 22.4 Å². The Morgan fingerprint density at radius 2 is 1.73 bits per heavy atom. The van der Waals surface area contributed by atoms with E-state index in [4.69, 9.17) is 15.6 Å². The number of sulfonamides is 1. The lowest BCUT2D eigenvalue weighted by Gasteiger charge is -2.17. The van der Waals surface area contributed by atoms with E-state index in [-0.39, 0.29) is 29.3 Å². The van der Waals surface area contributed by atoms with Gasteiger partial charge in [-0.25, -0.2) is 13.6 Å². The molecule has 2 aromatic rings. The number of unbranched alkanes of at least 4 members (excludes halogenated alkanes) is 1. The van der Waals surface area contributed by atoms with Crippen molar-refractivity contribution in [3.8, 4) is 5.75 Å². The number of halogens is 1. The Kier molecular flexibility index (Phi) is 10.4. The Labute approximate surface area is 161 Å². The zero-order chi connectivity index (χ0) is 17.6. The Hall–Kier alpha value is -1.64. The highest BCUT2D eigenvalue weighted by molar-refractivity contribution is 7.89. The molecule has 2 rings (SSSR count). The second kappa shape index (κ2) is 11.2. The zero-order valence-electron chi connectivity index (χ0n) is 14.8. The van der Waals surface area contributed by atoms with Gasteiger partial charge in [0.15, 0.2) is 0 Å². The molecular formula is C18H27ClN2O4S. The van der Waals surface area contributed by atoms with Crippen molar-refractivity contribution in [2.45, 2.75) is 37.6 Å². The molecule has 6 nitrogen and oxygen atoms in total. The van der Waals surface area contributed by atoms with E-state index in [1.807, 2.05) is 36.4 Å². The third-order valence-corrected chi connectivity index (χ3v) is 4.73. The molecule has 8 heteroatoms. The zero-order valence-corrected chi connectivity index (χ0v) is 16.4. The SMILES string of the molecule is CCCCOc1cc(CN)cc(S(N)(=O)=O)c1Cc1ccccc1.Cl.O. The highest BCUT2D eigenvalue weighted by Gasteiger charge is 2.20. The van der Waals surface area contributed by atoms with Crippen molar-refractivity contribution < 1.29 is 18.6 Å². The predicted molar refractivity (Wildman–Crippen MR) is 106 cm³/mol. The Bertz CT molecular complexity index is 783. The summed E-state index contributed by atoms with van der Waals surface area (Å²) in [4.78, 5) is 0.0841. The van der Waals surface area contributed by atoms with Gasteiger partial charge in [-0.2, -0.15) is 0 Å². The largest absolute Gasteiger partial charge is 0.493 e. The molecule has 6 N–H and O–H groups in total. The fourth-order valence-corrected chi connectivity index (χ4v) is 3.31. The highest BCUT2D eigenvalue weighted by Crippen LogP contribution is 2.30. The lowest BCUT2D eigenvalue weighted by Crippen LogP contribution is -2.17. The van der Waals surface area contributed by atoms with Crippen LogP contribution in [0.1, 0.15) is 36.5 Å². The maximum atomic E-state index is 12.1. The molecule has 0 saturated carbocycles. The molecular weight excluding hydrogens is 376 g/mol. The predicted octanol–water partition coefficient (Wildman–Crippen LogP) is 2.16. The first-order valence-corrected chi connectivity index (χ1v) is 9.55. The summed E-state index contributed by atoms with van der Waals surface area (Å²) in [6, 6.07) is 13.0. The van der Waals surface area contributed by atoms with E-state index in [1.165, 1.54) is 0 Å². The number of primary sulfonamides is 1. The van der Waals surface area contributed by atoms with Gasteiger partial charge in [-0.3, -0.25) is 0 Å². The smallest absolute Gasteiger partial charge is 0.238 e. The van der Waals surface area contributed by atoms with Gasteiger partial charge in [-0.15, -0.1) is 12.4 Å². The number of benzene rings is 2. The molecule has 0 saturated heterocycles. The summed E-state index contributed by atoms with van der Waals surface area (Å²) < 4.78 is 30.0. The van der Waals surface area contributed by atoms with E-state index in [9.17, 15) is 8.42 Å². The van der Waals surface area contributed by atoms with Gasteiger partial charge in [0.05, 0.1) is 11.5 Å². The molecule has 0 heterocycles. The van der Waals surface area contributed by atoms with Gasteiger partial charge in [0.2, 0.25) is 10.0 Å². The van der Waals surface area contributed by atoms with Crippen molar-refractivity contribution in [1.82, 2.24) is 0 Å². The molecule has 0 aliphatic carbocycles. The van der Waals surface area contributed by atoms with Crippen molar-refractivity contribution in [2.75, 3.05) is 6.61 Å². The maximum Gasteiger partial charge on any atom is 0.238 e. The topological polar surface area (TPSA) is 127 Å². The van der Waals surface area contributed by atoms with Crippen LogP contribution in [0.5, 0.6) is 5.75 Å². The lowest BCUT2D eigenvalue weighted by molar-refractivity contribution is 0.305. The summed E-state index contributed by atoms with van der Waals surface area (Å²) in [5.74, 6) is 0.541. The van der Waals surface area contributed by atoms with Crippen LogP contribution >= 0.6 is 12.4 Å². The molecule has 0 fully saturated rings. The van der Waals surface area contributed by atoms with Crippen LogP contribution in [-0.2, 0) is 23.0 Å². The first kappa shape index (κ1) is 24.4. The summed E-state index contributed by atoms with van der Waals surface area (Å²) in [6.07, 6.45) is 2.31. The minimum atomic E-state index is -3.87. The summed E-state index contributed by atoms with van der Waals surface area (Å²) in [5, 5.41) is 5.43. The van der Waals surface area contributed by atoms with Crippen LogP contribution in [0.15, 0.2) is 47.4 Å². The molecule has 2 aromatic carbocycles. The summed E-state index contributed by atoms with van der Waals surface area (Å²) in [5.41, 5.74) is 7.95. The number of nitrogens with two attached hydrogens (primary N) is 2. The molecule has 26 heavy (non-hydrogen) atoms. The molecule has 0 unspecified atom stereocenters. The summed E-state index contributed by atoms with van der Waals surface area (Å²) in [6.45, 7) is 2.81. The molecule has 146 valence electrons. The fourth-order valence-electron chi connectivity index (χ4n) is 2.48. The Morgan fingerprint density at radius 1 is 1.08 bits per heavy atom. The van der Waals surface area contributed by atoms with Gasteiger partial charge in [0.1, 0.15) is 5.75 Å². The Balaban J connectivity index is 0.00000312. The first-order chi connectivity index (χ1) is 11.5. The fraction of sp³-hybridized carbons (Fsp3) is 0.333. The van der Waals surface area contributed by atoms with Gasteiger partial charge in [-0.05, 0) is 29.7 Å². The van der Waals surface area contributed by atoms with Crippen molar-refractivity contribution in [2.24, 2.45) is 10.9 Å². The van der Waals surface area contributed by atoms with Crippen LogP contribution in [0.25, 0.3) is 0 Å². The van der Waals surface area contributed by atoms with Crippen LogP contribution in [0.3, 0.4) is 0 Å². The summed E-state index contributed by atoms with van der Waals surface area (Å²) in [7, 11) is -3.87. The van der Waals surface area contributed by atoms with Crippen molar-refractivity contribution in [3.05, 3.63) is 59.2 Å². The minimum Gasteiger partial charge on any atom is -0.493 e. The average molecular weight is 403 g/mol. The normalized spacial score (nSPS) is 10.6. The number of ether oxygens (including phenoxy) is 1. The maximum absolute atomic E-state index is 12.1. The second-order valence-electron chi connectivity index (χ2n) is 5.68. The lowest BCUT2D eigenvalue weighted by atomic mass is 10.0. The minimum absolute atomic E-state index is 0. The molecule has 0 atom stereocenters. The number of hydrogen-bond acceptors (Lipinski definition) is 4. The molecule has 0 aliphatic rings. The molecule has 0 aromatic heterocycles. The quantitative estimate of drug-likeness (QED) is 0.655. The van der Waals surface area contributed by atoms with Gasteiger partial charge in [-0.1, -0.05) is 43.7 Å². The van der Waals surface area contributed by atoms with Crippen LogP contribution in [-0.4, -0.2) is 20.5 Å². The van der Waals surface area contributed by atoms with Crippen molar-refractivity contribution in [1.29, 1.82) is 0 Å². The van der Waals surface area contributed by atoms with Crippen LogP contribution in [0.2, 0.25) is 0 Å². The van der Waals surface area contributed by atoms with E-state index >= 15 is 0 Å². The third kappa shape index (κ3) is 6.59. The third-order valence-electron chi connectivity index (χ3n) is 3.75. The van der Waals surface area contributed by atoms with E-state index in [0.29, 0.717) is 29.9 Å². The standard InChI is InChI=1S/C18H24N2O3S.ClH.H2O/c1-2-3-9-23-17-11-15(13-19)12-18(24(20,21)22)16(17)10-14-7-5-4-6-8-14;;/h4-8,11-12H,2-3,9-10,13,19H2,1H3,(H2,20,21,22);1H;1H2. The highest BCUT2D eigenvalue weighted by atomic mass is 35.5. The van der Waals surface area contributed by atoms with Crippen LogP contribution in [0, 0.1) is 0 Å². The van der Waals surface area contributed by atoms with E-state index in [2.05, 4.69) is 6.92 Å². The van der Waals surface area contributed by atoms with Gasteiger partial charge in [0.25, 0.3) is 0 Å². The van der Waals surface area contributed by atoms with E-state index < -0.39 is 10.0 Å². The monoisotopic (exact) mass is 402 g/mol. The summed E-state index contributed by atoms with van der Waals surface area (Å²) >= 11 is 0. The van der Waals surface area contributed by atoms with Gasteiger partial charge < -0.3 is 15.9 Å². The van der Waals surface area contributed by atoms with Gasteiger partial charge in [0, 0.05) is 18.5 Å². The number of hydrogen-bond donors (Lipinski definition) is 2.